The Morgan fingerprint density at radius 3 is 2.63 bits per heavy atom. The molecule has 1 aromatic carbocycles. The van der Waals surface area contributed by atoms with Crippen molar-refractivity contribution in [2.75, 3.05) is 6.61 Å². The fraction of sp³-hybridized carbons (Fsp3) is 0.571. The maximum Gasteiger partial charge on any atom is 0.488 e. The van der Waals surface area contributed by atoms with Gasteiger partial charge in [-0.1, -0.05) is 39.2 Å². The van der Waals surface area contributed by atoms with Gasteiger partial charge in [-0.15, -0.1) is 0 Å². The Hall–Kier alpha value is -1.07. The van der Waals surface area contributed by atoms with Crippen molar-refractivity contribution in [3.8, 4) is 5.75 Å². The van der Waals surface area contributed by atoms with Crippen molar-refractivity contribution >= 4 is 12.6 Å². The minimum absolute atomic E-state index is 0.0838. The highest BCUT2D eigenvalue weighted by atomic mass is 19.1. The van der Waals surface area contributed by atoms with Crippen LogP contribution in [0.1, 0.15) is 39.5 Å². The van der Waals surface area contributed by atoms with E-state index in [0.717, 1.165) is 25.7 Å². The summed E-state index contributed by atoms with van der Waals surface area (Å²) in [4.78, 5) is 0. The molecule has 0 saturated heterocycles. The first-order valence-corrected chi connectivity index (χ1v) is 6.86. The van der Waals surface area contributed by atoms with Crippen LogP contribution in [0.3, 0.4) is 0 Å². The Morgan fingerprint density at radius 2 is 2.05 bits per heavy atom. The molecule has 19 heavy (non-hydrogen) atoms. The second-order valence-electron chi connectivity index (χ2n) is 4.79. The predicted molar refractivity (Wildman–Crippen MR) is 75.0 cm³/mol. The summed E-state index contributed by atoms with van der Waals surface area (Å²) < 4.78 is 19.0. The van der Waals surface area contributed by atoms with Crippen LogP contribution in [0, 0.1) is 11.7 Å². The maximum atomic E-state index is 13.6. The van der Waals surface area contributed by atoms with Gasteiger partial charge in [0, 0.05) is 0 Å². The van der Waals surface area contributed by atoms with Crippen molar-refractivity contribution in [2.24, 2.45) is 5.92 Å². The number of rotatable bonds is 8. The summed E-state index contributed by atoms with van der Waals surface area (Å²) in [6.07, 6.45) is 4.33. The van der Waals surface area contributed by atoms with Crippen LogP contribution in [0.2, 0.25) is 0 Å². The van der Waals surface area contributed by atoms with Crippen molar-refractivity contribution in [1.29, 1.82) is 0 Å². The van der Waals surface area contributed by atoms with Crippen LogP contribution >= 0.6 is 0 Å². The van der Waals surface area contributed by atoms with Crippen LogP contribution in [-0.2, 0) is 0 Å². The molecule has 2 N–H and O–H groups in total. The smallest absolute Gasteiger partial charge is 0.488 e. The van der Waals surface area contributed by atoms with Gasteiger partial charge in [0.25, 0.3) is 0 Å². The average Bonchev–Trinajstić information content (AvgIpc) is 2.40. The standard InChI is InChI=1S/C14H22BFO3/c1-3-5-6-11(4-2)10-19-14-9-12(15(17)18)7-8-13(14)16/h7-9,11,17-18H,3-6,10H2,1-2H3. The minimum Gasteiger partial charge on any atom is -0.490 e. The van der Waals surface area contributed by atoms with E-state index in [2.05, 4.69) is 13.8 Å². The van der Waals surface area contributed by atoms with E-state index in [9.17, 15) is 4.39 Å². The summed E-state index contributed by atoms with van der Waals surface area (Å²) >= 11 is 0. The average molecular weight is 268 g/mol. The van der Waals surface area contributed by atoms with E-state index in [-0.39, 0.29) is 11.2 Å². The highest BCUT2D eigenvalue weighted by Crippen LogP contribution is 2.18. The molecule has 1 atom stereocenters. The number of hydrogen-bond donors (Lipinski definition) is 2. The monoisotopic (exact) mass is 268 g/mol. The Labute approximate surface area is 114 Å². The molecular weight excluding hydrogens is 246 g/mol. The minimum atomic E-state index is -1.61. The SMILES string of the molecule is CCCCC(CC)COc1cc(B(O)O)ccc1F. The molecule has 1 rings (SSSR count). The summed E-state index contributed by atoms with van der Waals surface area (Å²) in [6, 6.07) is 3.87. The van der Waals surface area contributed by atoms with E-state index in [1.807, 2.05) is 0 Å². The normalized spacial score (nSPS) is 12.3. The zero-order chi connectivity index (χ0) is 14.3. The number of ether oxygens (including phenoxy) is 1. The van der Waals surface area contributed by atoms with Gasteiger partial charge in [-0.2, -0.15) is 0 Å². The maximum absolute atomic E-state index is 13.6. The van der Waals surface area contributed by atoms with Crippen molar-refractivity contribution < 1.29 is 19.2 Å². The fourth-order valence-electron chi connectivity index (χ4n) is 1.90. The molecule has 0 bridgehead atoms. The van der Waals surface area contributed by atoms with E-state index in [4.69, 9.17) is 14.8 Å². The van der Waals surface area contributed by atoms with Crippen molar-refractivity contribution in [1.82, 2.24) is 0 Å². The van der Waals surface area contributed by atoms with Crippen LogP contribution in [0.4, 0.5) is 4.39 Å². The van der Waals surface area contributed by atoms with Gasteiger partial charge in [0.2, 0.25) is 0 Å². The largest absolute Gasteiger partial charge is 0.490 e. The predicted octanol–water partition coefficient (Wildman–Crippen LogP) is 2.10. The van der Waals surface area contributed by atoms with Gasteiger partial charge >= 0.3 is 7.12 Å². The van der Waals surface area contributed by atoms with Gasteiger partial charge in [0.05, 0.1) is 6.61 Å². The zero-order valence-corrected chi connectivity index (χ0v) is 11.6. The molecule has 0 aliphatic rings. The fourth-order valence-corrected chi connectivity index (χ4v) is 1.90. The third kappa shape index (κ3) is 5.21. The lowest BCUT2D eigenvalue weighted by Crippen LogP contribution is -2.30. The Bertz CT molecular complexity index is 385. The van der Waals surface area contributed by atoms with Gasteiger partial charge < -0.3 is 14.8 Å². The van der Waals surface area contributed by atoms with Crippen LogP contribution in [-0.4, -0.2) is 23.8 Å². The van der Waals surface area contributed by atoms with Gasteiger partial charge in [0.15, 0.2) is 11.6 Å². The molecule has 0 fully saturated rings. The molecule has 0 aliphatic carbocycles. The lowest BCUT2D eigenvalue weighted by Gasteiger charge is -2.16. The van der Waals surface area contributed by atoms with Gasteiger partial charge in [0.1, 0.15) is 0 Å². The summed E-state index contributed by atoms with van der Waals surface area (Å²) in [7, 11) is -1.61. The lowest BCUT2D eigenvalue weighted by atomic mass is 9.80. The Morgan fingerprint density at radius 1 is 1.32 bits per heavy atom. The van der Waals surface area contributed by atoms with E-state index >= 15 is 0 Å². The summed E-state index contributed by atoms with van der Waals surface area (Å²) in [5.41, 5.74) is 0.234. The molecule has 0 saturated carbocycles. The van der Waals surface area contributed by atoms with E-state index < -0.39 is 12.9 Å². The molecule has 1 unspecified atom stereocenters. The lowest BCUT2D eigenvalue weighted by molar-refractivity contribution is 0.225. The molecule has 106 valence electrons. The first-order valence-electron chi connectivity index (χ1n) is 6.86. The second-order valence-corrected chi connectivity index (χ2v) is 4.79. The number of hydrogen-bond acceptors (Lipinski definition) is 3. The molecule has 0 radical (unpaired) electrons. The summed E-state index contributed by atoms with van der Waals surface area (Å²) in [5.74, 6) is 0.0114. The molecule has 3 nitrogen and oxygen atoms in total. The number of halogens is 1. The molecular formula is C14H22BFO3. The first-order chi connectivity index (χ1) is 9.08. The van der Waals surface area contributed by atoms with Crippen LogP contribution in [0.15, 0.2) is 18.2 Å². The van der Waals surface area contributed by atoms with Crippen LogP contribution in [0.25, 0.3) is 0 Å². The number of benzene rings is 1. The summed E-state index contributed by atoms with van der Waals surface area (Å²) in [5, 5.41) is 18.1. The van der Waals surface area contributed by atoms with Crippen LogP contribution < -0.4 is 10.2 Å². The molecule has 1 aromatic rings. The highest BCUT2D eigenvalue weighted by molar-refractivity contribution is 6.58. The first kappa shape index (κ1) is 16.0. The van der Waals surface area contributed by atoms with E-state index in [0.29, 0.717) is 12.5 Å². The quantitative estimate of drug-likeness (QED) is 0.710. The Kier molecular flexibility index (Phi) is 6.88. The second kappa shape index (κ2) is 8.18. The van der Waals surface area contributed by atoms with Gasteiger partial charge in [-0.05, 0) is 29.9 Å². The van der Waals surface area contributed by atoms with Crippen molar-refractivity contribution in [3.05, 3.63) is 24.0 Å². The molecule has 0 amide bonds. The topological polar surface area (TPSA) is 49.7 Å². The molecule has 0 aliphatic heterocycles. The van der Waals surface area contributed by atoms with Gasteiger partial charge in [-0.25, -0.2) is 4.39 Å². The number of unbranched alkanes of at least 4 members (excludes halogenated alkanes) is 1. The molecule has 0 heterocycles. The van der Waals surface area contributed by atoms with Gasteiger partial charge in [-0.3, -0.25) is 0 Å². The third-order valence-electron chi connectivity index (χ3n) is 3.27. The molecule has 0 aromatic heterocycles. The Balaban J connectivity index is 2.62. The molecule has 0 spiro atoms. The van der Waals surface area contributed by atoms with Crippen LogP contribution in [0.5, 0.6) is 5.75 Å². The zero-order valence-electron chi connectivity index (χ0n) is 11.6. The summed E-state index contributed by atoms with van der Waals surface area (Å²) in [6.45, 7) is 4.69. The highest BCUT2D eigenvalue weighted by Gasteiger charge is 2.15. The van der Waals surface area contributed by atoms with Crippen molar-refractivity contribution in [2.45, 2.75) is 39.5 Å². The van der Waals surface area contributed by atoms with E-state index in [1.54, 1.807) is 0 Å². The van der Waals surface area contributed by atoms with E-state index in [1.165, 1.54) is 18.2 Å². The van der Waals surface area contributed by atoms with Crippen molar-refractivity contribution in [3.63, 3.8) is 0 Å². The third-order valence-corrected chi connectivity index (χ3v) is 3.27. The molecule has 5 heteroatoms.